The predicted octanol–water partition coefficient (Wildman–Crippen LogP) is 2.42. The molecule has 0 saturated carbocycles. The fraction of sp³-hybridized carbons (Fsp3) is 0.500. The monoisotopic (exact) mass is 373 g/mol. The molecular formula is C12H13Br2N3O. The summed E-state index contributed by atoms with van der Waals surface area (Å²) in [5.74, 6) is 1.28. The first-order valence-corrected chi connectivity index (χ1v) is 7.59. The maximum absolute atomic E-state index is 11.6. The third-order valence-corrected chi connectivity index (χ3v) is 4.60. The van der Waals surface area contributed by atoms with Crippen LogP contribution in [0.2, 0.25) is 0 Å². The van der Waals surface area contributed by atoms with Crippen LogP contribution in [-0.2, 0) is 4.79 Å². The van der Waals surface area contributed by atoms with E-state index in [1.165, 1.54) is 0 Å². The van der Waals surface area contributed by atoms with E-state index in [0.717, 1.165) is 40.8 Å². The molecule has 1 unspecified atom stereocenters. The van der Waals surface area contributed by atoms with Gasteiger partial charge in [0.2, 0.25) is 5.91 Å². The Kier molecular flexibility index (Phi) is 3.32. The summed E-state index contributed by atoms with van der Waals surface area (Å²) in [4.78, 5) is 20.4. The standard InChI is InChI=1S/C12H13Br2N3O/c13-8-5-10(14)12(15-6-8)16-3-4-17-9(7-16)1-2-11(17)18/h5-6,9H,1-4,7H2. The third kappa shape index (κ3) is 2.16. The molecule has 0 bridgehead atoms. The van der Waals surface area contributed by atoms with Crippen molar-refractivity contribution in [2.45, 2.75) is 18.9 Å². The molecule has 0 radical (unpaired) electrons. The molecule has 4 nitrogen and oxygen atoms in total. The zero-order valence-electron chi connectivity index (χ0n) is 9.77. The van der Waals surface area contributed by atoms with Crippen LogP contribution in [0.5, 0.6) is 0 Å². The van der Waals surface area contributed by atoms with Crippen LogP contribution >= 0.6 is 31.9 Å². The zero-order valence-corrected chi connectivity index (χ0v) is 12.9. The quantitative estimate of drug-likeness (QED) is 0.757. The Labute approximate surface area is 123 Å². The van der Waals surface area contributed by atoms with Gasteiger partial charge >= 0.3 is 0 Å². The van der Waals surface area contributed by atoms with Gasteiger partial charge in [0.25, 0.3) is 0 Å². The van der Waals surface area contributed by atoms with E-state index in [4.69, 9.17) is 0 Å². The summed E-state index contributed by atoms with van der Waals surface area (Å²) in [5, 5.41) is 0. The summed E-state index contributed by atoms with van der Waals surface area (Å²) < 4.78 is 1.96. The number of piperazine rings is 1. The zero-order chi connectivity index (χ0) is 12.7. The minimum absolute atomic E-state index is 0.308. The van der Waals surface area contributed by atoms with Crippen molar-refractivity contribution < 1.29 is 4.79 Å². The van der Waals surface area contributed by atoms with Gasteiger partial charge in [0, 0.05) is 42.8 Å². The van der Waals surface area contributed by atoms with Crippen molar-refractivity contribution in [2.24, 2.45) is 0 Å². The summed E-state index contributed by atoms with van der Waals surface area (Å²) >= 11 is 6.96. The minimum atomic E-state index is 0.308. The van der Waals surface area contributed by atoms with Crippen LogP contribution in [-0.4, -0.2) is 41.5 Å². The number of carbonyl (C=O) groups excluding carboxylic acids is 1. The molecule has 1 aromatic rings. The predicted molar refractivity (Wildman–Crippen MR) is 76.6 cm³/mol. The molecule has 96 valence electrons. The molecule has 2 aliphatic rings. The second-order valence-corrected chi connectivity index (χ2v) is 6.45. The smallest absolute Gasteiger partial charge is 0.223 e. The van der Waals surface area contributed by atoms with Gasteiger partial charge < -0.3 is 9.80 Å². The van der Waals surface area contributed by atoms with Crippen molar-refractivity contribution in [2.75, 3.05) is 24.5 Å². The Morgan fingerprint density at radius 3 is 2.94 bits per heavy atom. The molecule has 6 heteroatoms. The van der Waals surface area contributed by atoms with Gasteiger partial charge in [-0.3, -0.25) is 4.79 Å². The highest BCUT2D eigenvalue weighted by Gasteiger charge is 2.36. The van der Waals surface area contributed by atoms with Gasteiger partial charge in [-0.25, -0.2) is 4.98 Å². The van der Waals surface area contributed by atoms with Crippen LogP contribution in [0.1, 0.15) is 12.8 Å². The van der Waals surface area contributed by atoms with Crippen LogP contribution in [0.25, 0.3) is 0 Å². The first kappa shape index (κ1) is 12.4. The van der Waals surface area contributed by atoms with E-state index in [-0.39, 0.29) is 0 Å². The average Bonchev–Trinajstić information content (AvgIpc) is 2.71. The Morgan fingerprint density at radius 2 is 2.17 bits per heavy atom. The van der Waals surface area contributed by atoms with Crippen molar-refractivity contribution in [3.63, 3.8) is 0 Å². The summed E-state index contributed by atoms with van der Waals surface area (Å²) in [7, 11) is 0. The van der Waals surface area contributed by atoms with Crippen molar-refractivity contribution in [3.8, 4) is 0 Å². The highest BCUT2D eigenvalue weighted by molar-refractivity contribution is 9.11. The van der Waals surface area contributed by atoms with Crippen molar-refractivity contribution in [1.29, 1.82) is 0 Å². The summed E-state index contributed by atoms with van der Waals surface area (Å²) in [6, 6.07) is 2.37. The van der Waals surface area contributed by atoms with Crippen molar-refractivity contribution in [3.05, 3.63) is 21.2 Å². The molecule has 0 N–H and O–H groups in total. The Morgan fingerprint density at radius 1 is 1.33 bits per heavy atom. The molecule has 3 heterocycles. The molecule has 0 spiro atoms. The fourth-order valence-corrected chi connectivity index (χ4v) is 3.94. The lowest BCUT2D eigenvalue weighted by Gasteiger charge is -2.38. The normalized spacial score (nSPS) is 23.4. The molecule has 1 amide bonds. The highest BCUT2D eigenvalue weighted by atomic mass is 79.9. The number of anilines is 1. The number of halogens is 2. The molecule has 1 aromatic heterocycles. The lowest BCUT2D eigenvalue weighted by atomic mass is 10.1. The second-order valence-electron chi connectivity index (χ2n) is 4.68. The number of nitrogens with zero attached hydrogens (tertiary/aromatic N) is 3. The number of carbonyl (C=O) groups is 1. The van der Waals surface area contributed by atoms with E-state index in [0.29, 0.717) is 18.4 Å². The van der Waals surface area contributed by atoms with Gasteiger partial charge in [-0.1, -0.05) is 0 Å². The van der Waals surface area contributed by atoms with Gasteiger partial charge in [-0.2, -0.15) is 0 Å². The molecule has 2 fully saturated rings. The largest absolute Gasteiger partial charge is 0.352 e. The number of hydrogen-bond acceptors (Lipinski definition) is 3. The second kappa shape index (κ2) is 4.81. The lowest BCUT2D eigenvalue weighted by molar-refractivity contribution is -0.129. The Bertz CT molecular complexity index is 494. The van der Waals surface area contributed by atoms with Crippen molar-refractivity contribution in [1.82, 2.24) is 9.88 Å². The first-order chi connectivity index (χ1) is 8.65. The lowest BCUT2D eigenvalue weighted by Crippen LogP contribution is -2.51. The summed E-state index contributed by atoms with van der Waals surface area (Å²) in [6.07, 6.45) is 3.49. The Hall–Kier alpha value is -0.620. The molecule has 2 aliphatic heterocycles. The number of hydrogen-bond donors (Lipinski definition) is 0. The molecule has 0 aromatic carbocycles. The van der Waals surface area contributed by atoms with Crippen LogP contribution in [0.4, 0.5) is 5.82 Å². The number of amides is 1. The SMILES string of the molecule is O=C1CCC2CN(c3ncc(Br)cc3Br)CCN12. The van der Waals surface area contributed by atoms with Crippen LogP contribution < -0.4 is 4.90 Å². The van der Waals surface area contributed by atoms with E-state index in [1.54, 1.807) is 0 Å². The van der Waals surface area contributed by atoms with Gasteiger partial charge in [0.05, 0.1) is 4.47 Å². The molecule has 1 atom stereocenters. The van der Waals surface area contributed by atoms with Crippen LogP contribution in [0.15, 0.2) is 21.2 Å². The van der Waals surface area contributed by atoms with Gasteiger partial charge in [0.15, 0.2) is 0 Å². The fourth-order valence-electron chi connectivity index (χ4n) is 2.70. The minimum Gasteiger partial charge on any atom is -0.352 e. The van der Waals surface area contributed by atoms with E-state index >= 15 is 0 Å². The van der Waals surface area contributed by atoms with E-state index in [9.17, 15) is 4.79 Å². The topological polar surface area (TPSA) is 36.4 Å². The van der Waals surface area contributed by atoms with Gasteiger partial charge in [-0.05, 0) is 44.3 Å². The maximum atomic E-state index is 11.6. The van der Waals surface area contributed by atoms with Crippen molar-refractivity contribution >= 4 is 43.6 Å². The number of aromatic nitrogens is 1. The number of fused-ring (bicyclic) bond motifs is 1. The molecule has 2 saturated heterocycles. The maximum Gasteiger partial charge on any atom is 0.223 e. The molecule has 0 aliphatic carbocycles. The number of pyridine rings is 1. The van der Waals surface area contributed by atoms with Crippen LogP contribution in [0, 0.1) is 0 Å². The van der Waals surface area contributed by atoms with E-state index in [2.05, 4.69) is 41.7 Å². The average molecular weight is 375 g/mol. The number of rotatable bonds is 1. The Balaban J connectivity index is 1.80. The van der Waals surface area contributed by atoms with Crippen LogP contribution in [0.3, 0.4) is 0 Å². The molecule has 18 heavy (non-hydrogen) atoms. The molecular weight excluding hydrogens is 362 g/mol. The molecule has 3 rings (SSSR count). The van der Waals surface area contributed by atoms with E-state index in [1.807, 2.05) is 17.2 Å². The van der Waals surface area contributed by atoms with Gasteiger partial charge in [0.1, 0.15) is 5.82 Å². The van der Waals surface area contributed by atoms with Gasteiger partial charge in [-0.15, -0.1) is 0 Å². The highest BCUT2D eigenvalue weighted by Crippen LogP contribution is 2.30. The third-order valence-electron chi connectivity index (χ3n) is 3.58. The summed E-state index contributed by atoms with van der Waals surface area (Å²) in [6.45, 7) is 2.56. The first-order valence-electron chi connectivity index (χ1n) is 6.00. The van der Waals surface area contributed by atoms with E-state index < -0.39 is 0 Å². The summed E-state index contributed by atoms with van der Waals surface area (Å²) in [5.41, 5.74) is 0.